The van der Waals surface area contributed by atoms with E-state index in [4.69, 9.17) is 10.5 Å². The van der Waals surface area contributed by atoms with Crippen molar-refractivity contribution in [3.05, 3.63) is 18.5 Å². The predicted molar refractivity (Wildman–Crippen MR) is 123 cm³/mol. The van der Waals surface area contributed by atoms with E-state index in [0.29, 0.717) is 49.2 Å². The van der Waals surface area contributed by atoms with Crippen molar-refractivity contribution in [1.82, 2.24) is 9.78 Å². The number of rotatable bonds is 6. The number of Topliss-reactive ketones (excluding diaryl/α,β-unsaturated/α-hetero) is 1. The van der Waals surface area contributed by atoms with E-state index >= 15 is 0 Å². The van der Waals surface area contributed by atoms with Gasteiger partial charge in [0.05, 0.1) is 18.8 Å². The second kappa shape index (κ2) is 8.21. The molecule has 6 heteroatoms. The summed E-state index contributed by atoms with van der Waals surface area (Å²) in [5, 5.41) is 15.4. The highest BCUT2D eigenvalue weighted by Gasteiger charge is 2.62. The first-order valence-corrected chi connectivity index (χ1v) is 12.9. The first kappa shape index (κ1) is 22.5. The van der Waals surface area contributed by atoms with Gasteiger partial charge in [0.15, 0.2) is 5.78 Å². The van der Waals surface area contributed by atoms with Gasteiger partial charge in [0, 0.05) is 30.5 Å². The molecule has 178 valence electrons. The molecule has 5 rings (SSSR count). The largest absolute Gasteiger partial charge is 0.387 e. The maximum absolute atomic E-state index is 13.3. The number of aliphatic hydroxyl groups is 1. The summed E-state index contributed by atoms with van der Waals surface area (Å²) in [7, 11) is 0. The third-order valence-corrected chi connectivity index (χ3v) is 10.2. The van der Waals surface area contributed by atoms with Gasteiger partial charge in [0.2, 0.25) is 0 Å². The molecule has 0 unspecified atom stereocenters. The Morgan fingerprint density at radius 2 is 2.03 bits per heavy atom. The highest BCUT2D eigenvalue weighted by molar-refractivity contribution is 5.82. The van der Waals surface area contributed by atoms with Crippen LogP contribution in [0.2, 0.25) is 0 Å². The van der Waals surface area contributed by atoms with Crippen molar-refractivity contribution in [1.29, 1.82) is 0 Å². The Balaban J connectivity index is 1.31. The minimum atomic E-state index is -0.711. The monoisotopic (exact) mass is 443 g/mol. The third kappa shape index (κ3) is 3.57. The molecular formula is C26H41N3O3. The molecule has 32 heavy (non-hydrogen) atoms. The zero-order valence-corrected chi connectivity index (χ0v) is 19.8. The van der Waals surface area contributed by atoms with E-state index in [9.17, 15) is 9.90 Å². The summed E-state index contributed by atoms with van der Waals surface area (Å²) in [6.07, 6.45) is 12.7. The lowest BCUT2D eigenvalue weighted by molar-refractivity contribution is -0.143. The van der Waals surface area contributed by atoms with Crippen LogP contribution in [0.25, 0.3) is 0 Å². The molecule has 1 aromatic rings. The summed E-state index contributed by atoms with van der Waals surface area (Å²) in [4.78, 5) is 13.3. The maximum atomic E-state index is 13.3. The number of nitrogens with zero attached hydrogens (tertiary/aromatic N) is 2. The molecule has 1 aromatic heterocycles. The zero-order chi connectivity index (χ0) is 22.6. The average molecular weight is 444 g/mol. The first-order chi connectivity index (χ1) is 15.3. The normalized spacial score (nSPS) is 45.7. The topological polar surface area (TPSA) is 90.4 Å². The van der Waals surface area contributed by atoms with Crippen LogP contribution in [0.15, 0.2) is 18.5 Å². The molecule has 4 aliphatic carbocycles. The summed E-state index contributed by atoms with van der Waals surface area (Å²) in [6.45, 7) is 5.86. The molecule has 0 radical (unpaired) electrons. The van der Waals surface area contributed by atoms with E-state index in [1.165, 1.54) is 6.42 Å². The molecular weight excluding hydrogens is 402 g/mol. The number of ketones is 1. The van der Waals surface area contributed by atoms with Gasteiger partial charge < -0.3 is 15.6 Å². The summed E-state index contributed by atoms with van der Waals surface area (Å²) < 4.78 is 7.38. The zero-order valence-electron chi connectivity index (χ0n) is 19.8. The quantitative estimate of drug-likeness (QED) is 0.701. The van der Waals surface area contributed by atoms with Gasteiger partial charge >= 0.3 is 0 Å². The second-order valence-electron chi connectivity index (χ2n) is 11.7. The number of carbonyl (C=O) groups is 1. The summed E-state index contributed by atoms with van der Waals surface area (Å²) in [6, 6.07) is 1.89. The van der Waals surface area contributed by atoms with Gasteiger partial charge in [-0.2, -0.15) is 5.10 Å². The third-order valence-electron chi connectivity index (χ3n) is 10.2. The van der Waals surface area contributed by atoms with E-state index < -0.39 is 5.60 Å². The lowest BCUT2D eigenvalue weighted by Gasteiger charge is -2.61. The van der Waals surface area contributed by atoms with Crippen LogP contribution < -0.4 is 5.73 Å². The standard InChI is InChI=1S/C26H41N3O3/c1-3-32-17-25(31)11-12-26(27)18(15-25)5-6-19-20-7-8-22(24(20,2)10-9-21(19)26)23(30)16-29-14-4-13-28-29/h4,13-14,18-22,31H,3,5-12,15-17,27H2,1-2H3/t18-,19-,20-,21-,22+,24-,25+,26+/m0/s1. The lowest BCUT2D eigenvalue weighted by Crippen LogP contribution is -2.66. The fraction of sp³-hybridized carbons (Fsp3) is 0.846. The Labute approximate surface area is 192 Å². The Kier molecular flexibility index (Phi) is 5.78. The van der Waals surface area contributed by atoms with E-state index in [1.54, 1.807) is 10.9 Å². The summed E-state index contributed by atoms with van der Waals surface area (Å²) >= 11 is 0. The lowest BCUT2D eigenvalue weighted by atomic mass is 9.46. The number of fused-ring (bicyclic) bond motifs is 5. The predicted octanol–water partition coefficient (Wildman–Crippen LogP) is 3.57. The van der Waals surface area contributed by atoms with Gasteiger partial charge in [-0.05, 0) is 99.9 Å². The molecule has 0 bridgehead atoms. The van der Waals surface area contributed by atoms with Crippen LogP contribution >= 0.6 is 0 Å². The van der Waals surface area contributed by atoms with Crippen molar-refractivity contribution in [3.8, 4) is 0 Å². The van der Waals surface area contributed by atoms with Crippen LogP contribution in [0.3, 0.4) is 0 Å². The van der Waals surface area contributed by atoms with Crippen molar-refractivity contribution >= 4 is 5.78 Å². The smallest absolute Gasteiger partial charge is 0.157 e. The first-order valence-electron chi connectivity index (χ1n) is 12.9. The number of aromatic nitrogens is 2. The van der Waals surface area contributed by atoms with Crippen LogP contribution in [-0.2, 0) is 16.1 Å². The van der Waals surface area contributed by atoms with Crippen molar-refractivity contribution in [2.24, 2.45) is 40.7 Å². The molecule has 6 nitrogen and oxygen atoms in total. The number of ether oxygens (including phenoxy) is 1. The van der Waals surface area contributed by atoms with Gasteiger partial charge in [0.1, 0.15) is 0 Å². The molecule has 4 fully saturated rings. The highest BCUT2D eigenvalue weighted by atomic mass is 16.5. The van der Waals surface area contributed by atoms with Crippen LogP contribution in [0.1, 0.15) is 71.6 Å². The molecule has 0 spiro atoms. The molecule has 0 saturated heterocycles. The number of hydrogen-bond acceptors (Lipinski definition) is 5. The Morgan fingerprint density at radius 1 is 1.19 bits per heavy atom. The Bertz CT molecular complexity index is 828. The van der Waals surface area contributed by atoms with Crippen molar-refractivity contribution in [2.45, 2.75) is 89.3 Å². The molecule has 1 heterocycles. The van der Waals surface area contributed by atoms with Crippen LogP contribution in [-0.4, -0.2) is 45.0 Å². The van der Waals surface area contributed by atoms with Crippen molar-refractivity contribution < 1.29 is 14.6 Å². The minimum absolute atomic E-state index is 0.0962. The second-order valence-corrected chi connectivity index (χ2v) is 11.7. The average Bonchev–Trinajstić information content (AvgIpc) is 3.40. The van der Waals surface area contributed by atoms with E-state index in [1.807, 2.05) is 19.2 Å². The van der Waals surface area contributed by atoms with Crippen molar-refractivity contribution in [2.75, 3.05) is 13.2 Å². The Hall–Kier alpha value is -1.24. The number of hydrogen-bond donors (Lipinski definition) is 2. The molecule has 4 saturated carbocycles. The fourth-order valence-corrected chi connectivity index (χ4v) is 8.63. The van der Waals surface area contributed by atoms with Gasteiger partial charge in [-0.15, -0.1) is 0 Å². The highest BCUT2D eigenvalue weighted by Crippen LogP contribution is 2.65. The maximum Gasteiger partial charge on any atom is 0.157 e. The van der Waals surface area contributed by atoms with Gasteiger partial charge in [-0.3, -0.25) is 9.48 Å². The fourth-order valence-electron chi connectivity index (χ4n) is 8.63. The van der Waals surface area contributed by atoms with Crippen molar-refractivity contribution in [3.63, 3.8) is 0 Å². The molecule has 0 aromatic carbocycles. The molecule has 3 N–H and O–H groups in total. The SMILES string of the molecule is CCOC[C@@]1(O)CC[C@@]2(N)[C@@H](CC[C@H]3[C@@H]4CC[C@H](C(=O)Cn5cccn5)[C@@]4(C)CC[C@@H]32)C1. The van der Waals surface area contributed by atoms with Gasteiger partial charge in [-0.1, -0.05) is 6.92 Å². The molecule has 0 aliphatic heterocycles. The Morgan fingerprint density at radius 3 is 2.78 bits per heavy atom. The van der Waals surface area contributed by atoms with E-state index in [0.717, 1.165) is 51.4 Å². The molecule has 8 atom stereocenters. The summed E-state index contributed by atoms with van der Waals surface area (Å²) in [5.74, 6) is 2.62. The molecule has 4 aliphatic rings. The van der Waals surface area contributed by atoms with Gasteiger partial charge in [-0.25, -0.2) is 0 Å². The van der Waals surface area contributed by atoms with E-state index in [2.05, 4.69) is 12.0 Å². The summed E-state index contributed by atoms with van der Waals surface area (Å²) in [5.41, 5.74) is 6.47. The minimum Gasteiger partial charge on any atom is -0.387 e. The van der Waals surface area contributed by atoms with Gasteiger partial charge in [0.25, 0.3) is 0 Å². The number of carbonyl (C=O) groups excluding carboxylic acids is 1. The van der Waals surface area contributed by atoms with Crippen LogP contribution in [0, 0.1) is 35.0 Å². The number of nitrogens with two attached hydrogens (primary N) is 1. The van der Waals surface area contributed by atoms with E-state index in [-0.39, 0.29) is 16.9 Å². The van der Waals surface area contributed by atoms with Crippen LogP contribution in [0.4, 0.5) is 0 Å². The van der Waals surface area contributed by atoms with Crippen LogP contribution in [0.5, 0.6) is 0 Å². The molecule has 0 amide bonds.